The maximum atomic E-state index is 12.9. The molecule has 0 bridgehead atoms. The van der Waals surface area contributed by atoms with E-state index < -0.39 is 5.54 Å². The van der Waals surface area contributed by atoms with Crippen molar-refractivity contribution in [3.63, 3.8) is 0 Å². The van der Waals surface area contributed by atoms with Gasteiger partial charge in [-0.3, -0.25) is 0 Å². The molecular weight excluding hydrogens is 253 g/mol. The fourth-order valence-electron chi connectivity index (χ4n) is 2.44. The first-order valence-corrected chi connectivity index (χ1v) is 7.03. The Kier molecular flexibility index (Phi) is 4.55. The van der Waals surface area contributed by atoms with Gasteiger partial charge < -0.3 is 10.3 Å². The van der Waals surface area contributed by atoms with Crippen molar-refractivity contribution in [2.24, 2.45) is 5.73 Å². The zero-order chi connectivity index (χ0) is 14.6. The molecule has 1 heterocycles. The zero-order valence-electron chi connectivity index (χ0n) is 12.1. The molecular formula is C16H22FN3. The van der Waals surface area contributed by atoms with Gasteiger partial charge in [-0.05, 0) is 37.5 Å². The number of aryl methyl sites for hydroxylation is 1. The molecule has 0 aliphatic carbocycles. The van der Waals surface area contributed by atoms with Gasteiger partial charge in [-0.15, -0.1) is 0 Å². The van der Waals surface area contributed by atoms with E-state index in [1.165, 1.54) is 12.1 Å². The van der Waals surface area contributed by atoms with E-state index in [1.54, 1.807) is 12.1 Å². The average Bonchev–Trinajstić information content (AvgIpc) is 2.79. The Morgan fingerprint density at radius 1 is 1.25 bits per heavy atom. The van der Waals surface area contributed by atoms with Crippen molar-refractivity contribution in [3.8, 4) is 0 Å². The van der Waals surface area contributed by atoms with Crippen molar-refractivity contribution in [3.05, 3.63) is 53.9 Å². The highest BCUT2D eigenvalue weighted by Gasteiger charge is 2.22. The Morgan fingerprint density at radius 3 is 2.60 bits per heavy atom. The highest BCUT2D eigenvalue weighted by atomic mass is 19.1. The molecule has 0 aliphatic heterocycles. The molecule has 0 amide bonds. The summed E-state index contributed by atoms with van der Waals surface area (Å²) in [5.74, 6) is 0.796. The summed E-state index contributed by atoms with van der Waals surface area (Å²) in [5.41, 5.74) is 7.05. The van der Waals surface area contributed by atoms with Gasteiger partial charge in [0.25, 0.3) is 0 Å². The SMILES string of the molecule is CCCn1ccnc1CC(C)(N)Cc1ccc(F)cc1. The third kappa shape index (κ3) is 3.90. The smallest absolute Gasteiger partial charge is 0.123 e. The van der Waals surface area contributed by atoms with Crippen LogP contribution >= 0.6 is 0 Å². The fraction of sp³-hybridized carbons (Fsp3) is 0.438. The van der Waals surface area contributed by atoms with Crippen molar-refractivity contribution < 1.29 is 4.39 Å². The van der Waals surface area contributed by atoms with Crippen molar-refractivity contribution in [1.82, 2.24) is 9.55 Å². The second-order valence-corrected chi connectivity index (χ2v) is 5.67. The van der Waals surface area contributed by atoms with E-state index in [1.807, 2.05) is 19.3 Å². The molecule has 0 aliphatic rings. The minimum absolute atomic E-state index is 0.217. The second-order valence-electron chi connectivity index (χ2n) is 5.67. The lowest BCUT2D eigenvalue weighted by Crippen LogP contribution is -2.41. The molecule has 1 aromatic carbocycles. The minimum Gasteiger partial charge on any atom is -0.335 e. The minimum atomic E-state index is -0.394. The van der Waals surface area contributed by atoms with E-state index >= 15 is 0 Å². The maximum Gasteiger partial charge on any atom is 0.123 e. The van der Waals surface area contributed by atoms with Crippen LogP contribution in [0, 0.1) is 5.82 Å². The van der Waals surface area contributed by atoms with Gasteiger partial charge in [0, 0.05) is 30.9 Å². The highest BCUT2D eigenvalue weighted by molar-refractivity contribution is 5.19. The van der Waals surface area contributed by atoms with E-state index in [4.69, 9.17) is 5.73 Å². The van der Waals surface area contributed by atoms with Crippen LogP contribution in [0.4, 0.5) is 4.39 Å². The molecule has 1 unspecified atom stereocenters. The number of nitrogens with two attached hydrogens (primary N) is 1. The molecule has 0 saturated carbocycles. The maximum absolute atomic E-state index is 12.9. The second kappa shape index (κ2) is 6.18. The first-order valence-electron chi connectivity index (χ1n) is 7.03. The van der Waals surface area contributed by atoms with Crippen LogP contribution in [0.5, 0.6) is 0 Å². The predicted molar refractivity (Wildman–Crippen MR) is 78.9 cm³/mol. The van der Waals surface area contributed by atoms with Crippen LogP contribution in [0.3, 0.4) is 0 Å². The number of nitrogens with zero attached hydrogens (tertiary/aromatic N) is 2. The number of imidazole rings is 1. The Bertz CT molecular complexity index is 543. The molecule has 2 N–H and O–H groups in total. The van der Waals surface area contributed by atoms with Crippen LogP contribution in [0.2, 0.25) is 0 Å². The Balaban J connectivity index is 2.06. The first kappa shape index (κ1) is 14.7. The Morgan fingerprint density at radius 2 is 1.95 bits per heavy atom. The number of hydrogen-bond donors (Lipinski definition) is 1. The predicted octanol–water partition coefficient (Wildman–Crippen LogP) is 2.93. The summed E-state index contributed by atoms with van der Waals surface area (Å²) in [6, 6.07) is 6.53. The summed E-state index contributed by atoms with van der Waals surface area (Å²) in [4.78, 5) is 4.40. The molecule has 0 radical (unpaired) electrons. The zero-order valence-corrected chi connectivity index (χ0v) is 12.1. The summed E-state index contributed by atoms with van der Waals surface area (Å²) in [6.07, 6.45) is 6.29. The summed E-state index contributed by atoms with van der Waals surface area (Å²) >= 11 is 0. The molecule has 0 fully saturated rings. The molecule has 1 aromatic heterocycles. The van der Waals surface area contributed by atoms with Crippen LogP contribution in [0.25, 0.3) is 0 Å². The number of aromatic nitrogens is 2. The number of benzene rings is 1. The molecule has 2 aromatic rings. The Labute approximate surface area is 119 Å². The largest absolute Gasteiger partial charge is 0.335 e. The van der Waals surface area contributed by atoms with Crippen molar-refractivity contribution >= 4 is 0 Å². The number of hydrogen-bond acceptors (Lipinski definition) is 2. The molecule has 1 atom stereocenters. The molecule has 2 rings (SSSR count). The first-order chi connectivity index (χ1) is 9.50. The van der Waals surface area contributed by atoms with Gasteiger partial charge >= 0.3 is 0 Å². The third-order valence-electron chi connectivity index (χ3n) is 3.35. The molecule has 3 nitrogen and oxygen atoms in total. The van der Waals surface area contributed by atoms with Crippen LogP contribution in [-0.2, 0) is 19.4 Å². The van der Waals surface area contributed by atoms with Crippen LogP contribution in [-0.4, -0.2) is 15.1 Å². The quantitative estimate of drug-likeness (QED) is 0.881. The average molecular weight is 275 g/mol. The lowest BCUT2D eigenvalue weighted by atomic mass is 9.90. The van der Waals surface area contributed by atoms with Gasteiger partial charge in [-0.25, -0.2) is 9.37 Å². The van der Waals surface area contributed by atoms with Crippen molar-refractivity contribution in [2.75, 3.05) is 0 Å². The standard InChI is InChI=1S/C16H22FN3/c1-3-9-20-10-8-19-15(20)12-16(2,18)11-13-4-6-14(17)7-5-13/h4-8,10H,3,9,11-12,18H2,1-2H3. The van der Waals surface area contributed by atoms with E-state index in [9.17, 15) is 4.39 Å². The van der Waals surface area contributed by atoms with Crippen LogP contribution in [0.15, 0.2) is 36.7 Å². The lowest BCUT2D eigenvalue weighted by Gasteiger charge is -2.25. The monoisotopic (exact) mass is 275 g/mol. The van der Waals surface area contributed by atoms with E-state index in [0.717, 1.165) is 24.4 Å². The van der Waals surface area contributed by atoms with E-state index in [-0.39, 0.29) is 5.82 Å². The number of rotatable bonds is 6. The molecule has 0 spiro atoms. The van der Waals surface area contributed by atoms with Crippen molar-refractivity contribution in [1.29, 1.82) is 0 Å². The van der Waals surface area contributed by atoms with Gasteiger partial charge in [0.2, 0.25) is 0 Å². The Hall–Kier alpha value is -1.68. The van der Waals surface area contributed by atoms with Crippen LogP contribution in [0.1, 0.15) is 31.7 Å². The summed E-state index contributed by atoms with van der Waals surface area (Å²) in [7, 11) is 0. The van der Waals surface area contributed by atoms with Crippen molar-refractivity contribution in [2.45, 2.75) is 45.2 Å². The van der Waals surface area contributed by atoms with E-state index in [2.05, 4.69) is 16.5 Å². The summed E-state index contributed by atoms with van der Waals surface area (Å²) in [5, 5.41) is 0. The lowest BCUT2D eigenvalue weighted by molar-refractivity contribution is 0.439. The molecule has 20 heavy (non-hydrogen) atoms. The van der Waals surface area contributed by atoms with Gasteiger partial charge in [-0.2, -0.15) is 0 Å². The van der Waals surface area contributed by atoms with Gasteiger partial charge in [0.15, 0.2) is 0 Å². The van der Waals surface area contributed by atoms with Gasteiger partial charge in [0.1, 0.15) is 11.6 Å². The summed E-state index contributed by atoms with van der Waals surface area (Å²) in [6.45, 7) is 5.12. The number of halogens is 1. The highest BCUT2D eigenvalue weighted by Crippen LogP contribution is 2.16. The third-order valence-corrected chi connectivity index (χ3v) is 3.35. The van der Waals surface area contributed by atoms with E-state index in [0.29, 0.717) is 12.8 Å². The normalized spacial score (nSPS) is 14.2. The molecule has 0 saturated heterocycles. The molecule has 4 heteroatoms. The van der Waals surface area contributed by atoms with Gasteiger partial charge in [-0.1, -0.05) is 19.1 Å². The molecule has 108 valence electrons. The summed E-state index contributed by atoms with van der Waals surface area (Å²) < 4.78 is 15.1. The van der Waals surface area contributed by atoms with Gasteiger partial charge in [0.05, 0.1) is 0 Å². The fourth-order valence-corrected chi connectivity index (χ4v) is 2.44. The van der Waals surface area contributed by atoms with Crippen LogP contribution < -0.4 is 5.73 Å². The topological polar surface area (TPSA) is 43.8 Å².